The summed E-state index contributed by atoms with van der Waals surface area (Å²) in [5, 5.41) is 0. The molecule has 1 rings (SSSR count). The van der Waals surface area contributed by atoms with Gasteiger partial charge in [0.1, 0.15) is 0 Å². The normalized spacial score (nSPS) is 14.8. The van der Waals surface area contributed by atoms with Crippen LogP contribution in [0.3, 0.4) is 0 Å². The van der Waals surface area contributed by atoms with E-state index in [-0.39, 0.29) is 6.10 Å². The van der Waals surface area contributed by atoms with Crippen LogP contribution in [-0.4, -0.2) is 21.4 Å². The van der Waals surface area contributed by atoms with Crippen molar-refractivity contribution in [1.29, 1.82) is 0 Å². The average molecular weight is 228 g/mol. The maximum absolute atomic E-state index is 10.4. The molecule has 2 N–H and O–H groups in total. The minimum atomic E-state index is -2.48. The van der Waals surface area contributed by atoms with Crippen molar-refractivity contribution in [3.8, 4) is 0 Å². The highest BCUT2D eigenvalue weighted by Gasteiger charge is 2.09. The van der Waals surface area contributed by atoms with Gasteiger partial charge in [0.25, 0.3) is 0 Å². The van der Waals surface area contributed by atoms with E-state index in [2.05, 4.69) is 0 Å². The highest BCUT2D eigenvalue weighted by molar-refractivity contribution is 7.74. The van der Waals surface area contributed by atoms with Crippen LogP contribution in [0.1, 0.15) is 12.0 Å². The second-order valence-corrected chi connectivity index (χ2v) is 3.79. The summed E-state index contributed by atoms with van der Waals surface area (Å²) in [6.07, 6.45) is 0.727. The van der Waals surface area contributed by atoms with Crippen LogP contribution >= 0.6 is 0 Å². The lowest BCUT2D eigenvalue weighted by Gasteiger charge is -2.17. The number of hydrogen-bond acceptors (Lipinski definition) is 4. The third kappa shape index (κ3) is 5.03. The topological polar surface area (TPSA) is 75.4 Å². The maximum atomic E-state index is 10.4. The van der Waals surface area contributed by atoms with Crippen molar-refractivity contribution in [1.82, 2.24) is 0 Å². The summed E-state index contributed by atoms with van der Waals surface area (Å²) in [6.45, 7) is 0.411. The predicted octanol–water partition coefficient (Wildman–Crippen LogP) is 0.757. The van der Waals surface area contributed by atoms with Gasteiger partial charge in [0.15, 0.2) is 0 Å². The van der Waals surface area contributed by atoms with E-state index < -0.39 is 11.4 Å². The molecule has 2 atom stereocenters. The number of rotatable bonds is 6. The van der Waals surface area contributed by atoms with E-state index in [4.69, 9.17) is 9.92 Å². The first kappa shape index (κ1) is 12.3. The summed E-state index contributed by atoms with van der Waals surface area (Å²) in [5.74, 6) is 0. The number of benzene rings is 1. The number of nitrogens with two attached hydrogens (primary N) is 1. The van der Waals surface area contributed by atoms with Crippen molar-refractivity contribution in [3.63, 3.8) is 0 Å². The SMILES string of the molecule is NCCC(Cc1ccccc1)OS(=O)[O-]. The molecule has 0 amide bonds. The lowest BCUT2D eigenvalue weighted by atomic mass is 10.1. The van der Waals surface area contributed by atoms with Crippen molar-refractivity contribution in [2.75, 3.05) is 6.54 Å². The monoisotopic (exact) mass is 228 g/mol. The van der Waals surface area contributed by atoms with Gasteiger partial charge in [0.05, 0.1) is 17.5 Å². The molecule has 2 unspecified atom stereocenters. The van der Waals surface area contributed by atoms with E-state index in [9.17, 15) is 8.76 Å². The van der Waals surface area contributed by atoms with Gasteiger partial charge in [0, 0.05) is 0 Å². The molecule has 0 saturated heterocycles. The fourth-order valence-electron chi connectivity index (χ4n) is 1.36. The zero-order valence-corrected chi connectivity index (χ0v) is 9.11. The van der Waals surface area contributed by atoms with E-state index in [1.807, 2.05) is 30.3 Å². The molecule has 5 heteroatoms. The zero-order valence-electron chi connectivity index (χ0n) is 8.30. The largest absolute Gasteiger partial charge is 0.750 e. The minimum absolute atomic E-state index is 0.365. The van der Waals surface area contributed by atoms with Gasteiger partial charge in [-0.3, -0.25) is 4.18 Å². The molecule has 0 saturated carbocycles. The molecule has 4 nitrogen and oxygen atoms in total. The third-order valence-corrected chi connectivity index (χ3v) is 2.44. The summed E-state index contributed by atoms with van der Waals surface area (Å²) in [5.41, 5.74) is 6.42. The Balaban J connectivity index is 2.54. The standard InChI is InChI=1S/C10H15NO3S/c11-7-6-10(14-15(12)13)8-9-4-2-1-3-5-9/h1-5,10H,6-8,11H2,(H,12,13)/p-1. The minimum Gasteiger partial charge on any atom is -0.750 e. The highest BCUT2D eigenvalue weighted by Crippen LogP contribution is 2.09. The summed E-state index contributed by atoms with van der Waals surface area (Å²) < 4.78 is 25.6. The number of hydrogen-bond donors (Lipinski definition) is 1. The van der Waals surface area contributed by atoms with Gasteiger partial charge < -0.3 is 10.3 Å². The van der Waals surface area contributed by atoms with Crippen LogP contribution in [0, 0.1) is 0 Å². The molecule has 1 aromatic carbocycles. The lowest BCUT2D eigenvalue weighted by molar-refractivity contribution is 0.193. The summed E-state index contributed by atoms with van der Waals surface area (Å²) >= 11 is -2.48. The van der Waals surface area contributed by atoms with Crippen molar-refractivity contribution in [3.05, 3.63) is 35.9 Å². The summed E-state index contributed by atoms with van der Waals surface area (Å²) in [4.78, 5) is 0. The molecular formula is C10H14NO3S-. The fraction of sp³-hybridized carbons (Fsp3) is 0.400. The van der Waals surface area contributed by atoms with E-state index >= 15 is 0 Å². The first-order chi connectivity index (χ1) is 7.22. The smallest absolute Gasteiger partial charge is 0.0844 e. The van der Waals surface area contributed by atoms with E-state index in [0.717, 1.165) is 5.56 Å². The Hall–Kier alpha value is -0.750. The van der Waals surface area contributed by atoms with Crippen molar-refractivity contribution in [2.45, 2.75) is 18.9 Å². The van der Waals surface area contributed by atoms with Crippen LogP contribution in [0.5, 0.6) is 0 Å². The van der Waals surface area contributed by atoms with Crippen LogP contribution in [0.25, 0.3) is 0 Å². The average Bonchev–Trinajstić information content (AvgIpc) is 2.18. The van der Waals surface area contributed by atoms with Gasteiger partial charge >= 0.3 is 0 Å². The maximum Gasteiger partial charge on any atom is 0.0844 e. The van der Waals surface area contributed by atoms with Crippen LogP contribution in [0.15, 0.2) is 30.3 Å². The van der Waals surface area contributed by atoms with Crippen molar-refractivity contribution < 1.29 is 12.9 Å². The summed E-state index contributed by atoms with van der Waals surface area (Å²) in [7, 11) is 0. The van der Waals surface area contributed by atoms with Gasteiger partial charge in [-0.2, -0.15) is 0 Å². The van der Waals surface area contributed by atoms with Crippen molar-refractivity contribution in [2.24, 2.45) is 5.73 Å². The van der Waals surface area contributed by atoms with Gasteiger partial charge in [-0.1, -0.05) is 30.3 Å². The molecule has 84 valence electrons. The second-order valence-electron chi connectivity index (χ2n) is 3.19. The Kier molecular flexibility index (Phi) is 5.49. The van der Waals surface area contributed by atoms with Gasteiger partial charge in [-0.05, 0) is 24.9 Å². The van der Waals surface area contributed by atoms with Crippen LogP contribution in [-0.2, 0) is 22.0 Å². The Morgan fingerprint density at radius 3 is 2.60 bits per heavy atom. The van der Waals surface area contributed by atoms with E-state index in [1.165, 1.54) is 0 Å². The third-order valence-electron chi connectivity index (χ3n) is 2.01. The Labute approximate surface area is 91.9 Å². The molecule has 0 heterocycles. The first-order valence-corrected chi connectivity index (χ1v) is 5.72. The quantitative estimate of drug-likeness (QED) is 0.729. The summed E-state index contributed by atoms with van der Waals surface area (Å²) in [6, 6.07) is 9.58. The molecule has 0 fully saturated rings. The second kappa shape index (κ2) is 6.68. The predicted molar refractivity (Wildman–Crippen MR) is 57.6 cm³/mol. The van der Waals surface area contributed by atoms with Gasteiger partial charge in [-0.15, -0.1) is 0 Å². The molecule has 0 aliphatic rings. The molecule has 0 bridgehead atoms. The molecular weight excluding hydrogens is 214 g/mol. The molecule has 0 aliphatic heterocycles. The lowest BCUT2D eigenvalue weighted by Crippen LogP contribution is -2.21. The molecule has 1 aromatic rings. The van der Waals surface area contributed by atoms with E-state index in [1.54, 1.807) is 0 Å². The molecule has 15 heavy (non-hydrogen) atoms. The first-order valence-electron chi connectivity index (χ1n) is 4.72. The Morgan fingerprint density at radius 1 is 1.40 bits per heavy atom. The Bertz CT molecular complexity index is 305. The molecule has 0 aliphatic carbocycles. The molecule has 0 aromatic heterocycles. The van der Waals surface area contributed by atoms with Gasteiger partial charge in [0.2, 0.25) is 0 Å². The molecule has 0 spiro atoms. The van der Waals surface area contributed by atoms with E-state index in [0.29, 0.717) is 19.4 Å². The van der Waals surface area contributed by atoms with Crippen LogP contribution in [0.4, 0.5) is 0 Å². The highest BCUT2D eigenvalue weighted by atomic mass is 32.2. The molecule has 0 radical (unpaired) electrons. The zero-order chi connectivity index (χ0) is 11.1. The van der Waals surface area contributed by atoms with Crippen molar-refractivity contribution >= 4 is 11.4 Å². The fourth-order valence-corrected chi connectivity index (χ4v) is 1.74. The van der Waals surface area contributed by atoms with Crippen LogP contribution < -0.4 is 5.73 Å². The van der Waals surface area contributed by atoms with Gasteiger partial charge in [-0.25, -0.2) is 4.21 Å². The van der Waals surface area contributed by atoms with Crippen LogP contribution in [0.2, 0.25) is 0 Å². The Morgan fingerprint density at radius 2 is 2.07 bits per heavy atom.